The van der Waals surface area contributed by atoms with Gasteiger partial charge >= 0.3 is 0 Å². The standard InChI is InChI=1S/C13H25N3O2/c1-10(2)14-9-12(17)16-7-5-11(6-8-16)13(18)15(3)4/h10-11,14H,5-9H2,1-4H3. The molecule has 1 N–H and O–H groups in total. The molecule has 0 bridgehead atoms. The van der Waals surface area contributed by atoms with E-state index in [1.54, 1.807) is 19.0 Å². The van der Waals surface area contributed by atoms with Crippen LogP contribution in [0.4, 0.5) is 0 Å². The van der Waals surface area contributed by atoms with E-state index in [9.17, 15) is 9.59 Å². The van der Waals surface area contributed by atoms with E-state index in [0.29, 0.717) is 25.7 Å². The number of nitrogens with one attached hydrogen (secondary N) is 1. The third-order valence-electron chi connectivity index (χ3n) is 3.30. The number of carbonyl (C=O) groups excluding carboxylic acids is 2. The largest absolute Gasteiger partial charge is 0.349 e. The summed E-state index contributed by atoms with van der Waals surface area (Å²) in [5.74, 6) is 0.406. The van der Waals surface area contributed by atoms with Crippen molar-refractivity contribution >= 4 is 11.8 Å². The second kappa shape index (κ2) is 6.73. The first-order valence-electron chi connectivity index (χ1n) is 6.64. The quantitative estimate of drug-likeness (QED) is 0.786. The Hall–Kier alpha value is -1.10. The van der Waals surface area contributed by atoms with Gasteiger partial charge in [0.1, 0.15) is 0 Å². The van der Waals surface area contributed by atoms with E-state index in [-0.39, 0.29) is 17.7 Å². The number of carbonyl (C=O) groups is 2. The van der Waals surface area contributed by atoms with Crippen LogP contribution in [0.15, 0.2) is 0 Å². The van der Waals surface area contributed by atoms with Crippen molar-refractivity contribution in [1.82, 2.24) is 15.1 Å². The molecule has 5 nitrogen and oxygen atoms in total. The van der Waals surface area contributed by atoms with Crippen LogP contribution in [-0.4, -0.2) is 61.4 Å². The number of likely N-dealkylation sites (tertiary alicyclic amines) is 1. The van der Waals surface area contributed by atoms with Crippen molar-refractivity contribution in [2.75, 3.05) is 33.7 Å². The lowest BCUT2D eigenvalue weighted by atomic mass is 9.95. The minimum Gasteiger partial charge on any atom is -0.349 e. The Balaban J connectivity index is 2.35. The van der Waals surface area contributed by atoms with E-state index in [4.69, 9.17) is 0 Å². The lowest BCUT2D eigenvalue weighted by Gasteiger charge is -2.32. The van der Waals surface area contributed by atoms with Crippen LogP contribution in [0.1, 0.15) is 26.7 Å². The van der Waals surface area contributed by atoms with E-state index < -0.39 is 0 Å². The fraction of sp³-hybridized carbons (Fsp3) is 0.846. The second-order valence-electron chi connectivity index (χ2n) is 5.42. The average Bonchev–Trinajstić information content (AvgIpc) is 2.35. The summed E-state index contributed by atoms with van der Waals surface area (Å²) >= 11 is 0. The molecule has 0 aromatic heterocycles. The molecule has 1 rings (SSSR count). The predicted molar refractivity (Wildman–Crippen MR) is 71.1 cm³/mol. The topological polar surface area (TPSA) is 52.7 Å². The summed E-state index contributed by atoms with van der Waals surface area (Å²) in [6, 6.07) is 0.321. The summed E-state index contributed by atoms with van der Waals surface area (Å²) in [5, 5.41) is 3.13. The third kappa shape index (κ3) is 4.29. The molecule has 0 spiro atoms. The molecule has 1 heterocycles. The Kier molecular flexibility index (Phi) is 5.59. The zero-order chi connectivity index (χ0) is 13.7. The van der Waals surface area contributed by atoms with E-state index in [1.165, 1.54) is 0 Å². The van der Waals surface area contributed by atoms with E-state index in [1.807, 2.05) is 18.7 Å². The van der Waals surface area contributed by atoms with Crippen molar-refractivity contribution in [1.29, 1.82) is 0 Å². The molecule has 1 aliphatic heterocycles. The van der Waals surface area contributed by atoms with Gasteiger partial charge in [-0.15, -0.1) is 0 Å². The maximum absolute atomic E-state index is 11.9. The van der Waals surface area contributed by atoms with Crippen LogP contribution in [0.25, 0.3) is 0 Å². The van der Waals surface area contributed by atoms with Gasteiger partial charge in [-0.05, 0) is 12.8 Å². The van der Waals surface area contributed by atoms with Crippen LogP contribution in [0.2, 0.25) is 0 Å². The maximum atomic E-state index is 11.9. The highest BCUT2D eigenvalue weighted by molar-refractivity contribution is 5.80. The van der Waals surface area contributed by atoms with Gasteiger partial charge in [0, 0.05) is 39.1 Å². The minimum atomic E-state index is 0.0853. The Morgan fingerprint density at radius 3 is 2.28 bits per heavy atom. The van der Waals surface area contributed by atoms with Crippen LogP contribution in [-0.2, 0) is 9.59 Å². The van der Waals surface area contributed by atoms with Crippen molar-refractivity contribution in [3.63, 3.8) is 0 Å². The van der Waals surface area contributed by atoms with Gasteiger partial charge in [0.05, 0.1) is 6.54 Å². The number of piperidine rings is 1. The van der Waals surface area contributed by atoms with Gasteiger partial charge < -0.3 is 15.1 Å². The molecule has 1 aliphatic rings. The first kappa shape index (κ1) is 15.0. The number of nitrogens with zero attached hydrogens (tertiary/aromatic N) is 2. The molecule has 0 saturated carbocycles. The Morgan fingerprint density at radius 1 is 1.28 bits per heavy atom. The molecule has 0 radical (unpaired) electrons. The van der Waals surface area contributed by atoms with Gasteiger partial charge in [0.25, 0.3) is 0 Å². The molecule has 1 fully saturated rings. The van der Waals surface area contributed by atoms with Crippen molar-refractivity contribution in [2.24, 2.45) is 5.92 Å². The smallest absolute Gasteiger partial charge is 0.236 e. The number of hydrogen-bond acceptors (Lipinski definition) is 3. The van der Waals surface area contributed by atoms with Crippen molar-refractivity contribution in [3.05, 3.63) is 0 Å². The van der Waals surface area contributed by atoms with E-state index in [2.05, 4.69) is 5.32 Å². The zero-order valence-electron chi connectivity index (χ0n) is 11.9. The summed E-state index contributed by atoms with van der Waals surface area (Å²) in [5.41, 5.74) is 0. The zero-order valence-corrected chi connectivity index (χ0v) is 11.9. The summed E-state index contributed by atoms with van der Waals surface area (Å²) in [7, 11) is 3.57. The molecule has 5 heteroatoms. The highest BCUT2D eigenvalue weighted by Gasteiger charge is 2.27. The number of hydrogen-bond donors (Lipinski definition) is 1. The van der Waals surface area contributed by atoms with Gasteiger partial charge in [0.2, 0.25) is 11.8 Å². The van der Waals surface area contributed by atoms with Gasteiger partial charge in [-0.1, -0.05) is 13.8 Å². The van der Waals surface area contributed by atoms with Gasteiger partial charge in [0.15, 0.2) is 0 Å². The average molecular weight is 255 g/mol. The molecule has 2 amide bonds. The first-order valence-corrected chi connectivity index (χ1v) is 6.64. The minimum absolute atomic E-state index is 0.0853. The molecular weight excluding hydrogens is 230 g/mol. The molecule has 1 saturated heterocycles. The molecule has 0 aromatic carbocycles. The van der Waals surface area contributed by atoms with Gasteiger partial charge in [-0.2, -0.15) is 0 Å². The molecular formula is C13H25N3O2. The molecule has 18 heavy (non-hydrogen) atoms. The fourth-order valence-corrected chi connectivity index (χ4v) is 2.14. The predicted octanol–water partition coefficient (Wildman–Crippen LogP) is 0.311. The van der Waals surface area contributed by atoms with Gasteiger partial charge in [-0.25, -0.2) is 0 Å². The van der Waals surface area contributed by atoms with Crippen molar-refractivity contribution < 1.29 is 9.59 Å². The lowest BCUT2D eigenvalue weighted by molar-refractivity contribution is -0.138. The van der Waals surface area contributed by atoms with Crippen LogP contribution in [0, 0.1) is 5.92 Å². The SMILES string of the molecule is CC(C)NCC(=O)N1CCC(C(=O)N(C)C)CC1. The fourth-order valence-electron chi connectivity index (χ4n) is 2.14. The van der Waals surface area contributed by atoms with E-state index >= 15 is 0 Å². The summed E-state index contributed by atoms with van der Waals surface area (Å²) < 4.78 is 0. The molecule has 104 valence electrons. The Bertz CT molecular complexity index is 295. The van der Waals surface area contributed by atoms with E-state index in [0.717, 1.165) is 12.8 Å². The van der Waals surface area contributed by atoms with Crippen LogP contribution < -0.4 is 5.32 Å². The monoisotopic (exact) mass is 255 g/mol. The molecule has 0 atom stereocenters. The third-order valence-corrected chi connectivity index (χ3v) is 3.30. The van der Waals surface area contributed by atoms with Crippen molar-refractivity contribution in [2.45, 2.75) is 32.7 Å². The van der Waals surface area contributed by atoms with Crippen LogP contribution in [0.3, 0.4) is 0 Å². The highest BCUT2D eigenvalue weighted by atomic mass is 16.2. The van der Waals surface area contributed by atoms with Gasteiger partial charge in [-0.3, -0.25) is 9.59 Å². The lowest BCUT2D eigenvalue weighted by Crippen LogP contribution is -2.46. The normalized spacial score (nSPS) is 17.1. The molecule has 0 aliphatic carbocycles. The van der Waals surface area contributed by atoms with Crippen LogP contribution >= 0.6 is 0 Å². The molecule has 0 aromatic rings. The van der Waals surface area contributed by atoms with Crippen LogP contribution in [0.5, 0.6) is 0 Å². The number of amides is 2. The Morgan fingerprint density at radius 2 is 1.83 bits per heavy atom. The second-order valence-corrected chi connectivity index (χ2v) is 5.42. The summed E-state index contributed by atoms with van der Waals surface area (Å²) in [6.07, 6.45) is 1.56. The summed E-state index contributed by atoms with van der Waals surface area (Å²) in [4.78, 5) is 27.2. The Labute approximate surface area is 110 Å². The number of rotatable bonds is 4. The summed E-state index contributed by atoms with van der Waals surface area (Å²) in [6.45, 7) is 5.83. The highest BCUT2D eigenvalue weighted by Crippen LogP contribution is 2.18. The first-order chi connectivity index (χ1) is 8.41. The van der Waals surface area contributed by atoms with Crippen molar-refractivity contribution in [3.8, 4) is 0 Å². The maximum Gasteiger partial charge on any atom is 0.236 e. The molecule has 0 unspecified atom stereocenters.